The van der Waals surface area contributed by atoms with Gasteiger partial charge in [-0.1, -0.05) is 6.07 Å². The third-order valence-corrected chi connectivity index (χ3v) is 3.63. The number of rotatable bonds is 1. The highest BCUT2D eigenvalue weighted by Crippen LogP contribution is 2.35. The molecule has 0 bridgehead atoms. The number of methoxy groups -OCH3 is 1. The van der Waals surface area contributed by atoms with E-state index in [1.807, 2.05) is 6.07 Å². The molecule has 1 spiro atoms. The van der Waals surface area contributed by atoms with Gasteiger partial charge in [-0.25, -0.2) is 4.99 Å². The van der Waals surface area contributed by atoms with Gasteiger partial charge in [0.15, 0.2) is 0 Å². The van der Waals surface area contributed by atoms with E-state index in [2.05, 4.69) is 17.1 Å². The molecule has 1 aromatic rings. The summed E-state index contributed by atoms with van der Waals surface area (Å²) in [5, 5.41) is 0. The number of fused-ring (bicyclic) bond motifs is 1. The third-order valence-electron chi connectivity index (χ3n) is 3.63. The summed E-state index contributed by atoms with van der Waals surface area (Å²) in [6, 6.07) is 6.58. The molecule has 0 amide bonds. The Morgan fingerprint density at radius 2 is 2.29 bits per heavy atom. The van der Waals surface area contributed by atoms with E-state index < -0.39 is 0 Å². The predicted octanol–water partition coefficient (Wildman–Crippen LogP) is 1.27. The lowest BCUT2D eigenvalue weighted by atomic mass is 9.79. The van der Waals surface area contributed by atoms with E-state index in [0.29, 0.717) is 12.6 Å². The fraction of sp³-hybridized carbons (Fsp3) is 0.462. The number of aliphatic imine (C=N–C) groups is 1. The van der Waals surface area contributed by atoms with Crippen molar-refractivity contribution in [1.82, 2.24) is 0 Å². The van der Waals surface area contributed by atoms with Crippen molar-refractivity contribution in [3.05, 3.63) is 29.3 Å². The summed E-state index contributed by atoms with van der Waals surface area (Å²) in [7, 11) is 1.69. The summed E-state index contributed by atoms with van der Waals surface area (Å²) in [5.74, 6) is 0.900. The predicted molar refractivity (Wildman–Crippen MR) is 65.3 cm³/mol. The SMILES string of the molecule is COc1ccc2c(c1)CC1(CC2)COC(N)=N1. The Morgan fingerprint density at radius 1 is 1.41 bits per heavy atom. The first-order valence-electron chi connectivity index (χ1n) is 5.85. The molecule has 0 saturated carbocycles. The van der Waals surface area contributed by atoms with Crippen molar-refractivity contribution in [2.24, 2.45) is 10.7 Å². The van der Waals surface area contributed by atoms with Crippen LogP contribution < -0.4 is 10.5 Å². The average Bonchev–Trinajstić information content (AvgIpc) is 2.69. The average molecular weight is 232 g/mol. The van der Waals surface area contributed by atoms with E-state index in [4.69, 9.17) is 15.2 Å². The van der Waals surface area contributed by atoms with Gasteiger partial charge in [-0.2, -0.15) is 0 Å². The smallest absolute Gasteiger partial charge is 0.282 e. The van der Waals surface area contributed by atoms with Crippen LogP contribution >= 0.6 is 0 Å². The maximum absolute atomic E-state index is 5.62. The van der Waals surface area contributed by atoms with Gasteiger partial charge in [-0.05, 0) is 36.1 Å². The number of hydrogen-bond donors (Lipinski definition) is 1. The highest BCUT2D eigenvalue weighted by atomic mass is 16.5. The van der Waals surface area contributed by atoms with Gasteiger partial charge < -0.3 is 15.2 Å². The van der Waals surface area contributed by atoms with Crippen molar-refractivity contribution >= 4 is 6.02 Å². The molecule has 1 aliphatic heterocycles. The van der Waals surface area contributed by atoms with E-state index in [1.165, 1.54) is 11.1 Å². The molecule has 1 aromatic carbocycles. The summed E-state index contributed by atoms with van der Waals surface area (Å²) < 4.78 is 10.6. The van der Waals surface area contributed by atoms with Crippen LogP contribution in [0.15, 0.2) is 23.2 Å². The Balaban J connectivity index is 1.94. The minimum atomic E-state index is -0.135. The van der Waals surface area contributed by atoms with Crippen LogP contribution in [0.4, 0.5) is 0 Å². The van der Waals surface area contributed by atoms with Gasteiger partial charge in [-0.15, -0.1) is 0 Å². The first-order chi connectivity index (χ1) is 8.21. The number of nitrogens with zero attached hydrogens (tertiary/aromatic N) is 1. The number of benzene rings is 1. The molecule has 1 atom stereocenters. The van der Waals surface area contributed by atoms with Gasteiger partial charge in [-0.3, -0.25) is 0 Å². The Morgan fingerprint density at radius 3 is 3.00 bits per heavy atom. The molecule has 2 N–H and O–H groups in total. The molecule has 4 heteroatoms. The van der Waals surface area contributed by atoms with Crippen LogP contribution in [0.3, 0.4) is 0 Å². The summed E-state index contributed by atoms with van der Waals surface area (Å²) >= 11 is 0. The lowest BCUT2D eigenvalue weighted by Crippen LogP contribution is -2.35. The zero-order valence-electron chi connectivity index (χ0n) is 9.90. The molecule has 1 aliphatic carbocycles. The molecule has 0 radical (unpaired) electrons. The zero-order chi connectivity index (χ0) is 11.9. The van der Waals surface area contributed by atoms with Crippen LogP contribution in [0.5, 0.6) is 5.75 Å². The topological polar surface area (TPSA) is 56.8 Å². The molecule has 1 heterocycles. The Hall–Kier alpha value is -1.71. The second kappa shape index (κ2) is 3.65. The Labute approximate surface area is 100 Å². The van der Waals surface area contributed by atoms with E-state index >= 15 is 0 Å². The van der Waals surface area contributed by atoms with E-state index in [0.717, 1.165) is 25.0 Å². The maximum atomic E-state index is 5.62. The molecule has 0 fully saturated rings. The standard InChI is InChI=1S/C13H16N2O2/c1-16-11-3-2-9-4-5-13(7-10(9)6-11)8-17-12(14)15-13/h2-3,6H,4-5,7-8H2,1H3,(H2,14,15). The Bertz CT molecular complexity index is 484. The van der Waals surface area contributed by atoms with Crippen molar-refractivity contribution in [2.45, 2.75) is 24.8 Å². The maximum Gasteiger partial charge on any atom is 0.282 e. The van der Waals surface area contributed by atoms with Gasteiger partial charge in [0.2, 0.25) is 0 Å². The van der Waals surface area contributed by atoms with Gasteiger partial charge in [0, 0.05) is 6.42 Å². The molecule has 17 heavy (non-hydrogen) atoms. The first-order valence-corrected chi connectivity index (χ1v) is 5.85. The van der Waals surface area contributed by atoms with Gasteiger partial charge >= 0.3 is 0 Å². The second-order valence-corrected chi connectivity index (χ2v) is 4.77. The number of amidine groups is 1. The zero-order valence-corrected chi connectivity index (χ0v) is 9.90. The molecule has 2 aliphatic rings. The minimum Gasteiger partial charge on any atom is -0.497 e. The number of nitrogens with two attached hydrogens (primary N) is 1. The number of aryl methyl sites for hydroxylation is 1. The summed E-state index contributed by atoms with van der Waals surface area (Å²) in [5.41, 5.74) is 8.17. The second-order valence-electron chi connectivity index (χ2n) is 4.77. The van der Waals surface area contributed by atoms with Crippen LogP contribution in [-0.2, 0) is 17.6 Å². The highest BCUT2D eigenvalue weighted by Gasteiger charge is 2.39. The van der Waals surface area contributed by atoms with E-state index in [1.54, 1.807) is 7.11 Å². The normalized spacial score (nSPS) is 26.3. The van der Waals surface area contributed by atoms with E-state index in [-0.39, 0.29) is 5.54 Å². The first kappa shape index (κ1) is 10.4. The lowest BCUT2D eigenvalue weighted by molar-refractivity contribution is 0.234. The highest BCUT2D eigenvalue weighted by molar-refractivity contribution is 5.74. The van der Waals surface area contributed by atoms with Crippen LogP contribution in [0.2, 0.25) is 0 Å². The largest absolute Gasteiger partial charge is 0.497 e. The van der Waals surface area contributed by atoms with Crippen LogP contribution in [0.1, 0.15) is 17.5 Å². The molecule has 3 rings (SSSR count). The van der Waals surface area contributed by atoms with Crippen LogP contribution in [-0.4, -0.2) is 25.3 Å². The van der Waals surface area contributed by atoms with Crippen molar-refractivity contribution in [1.29, 1.82) is 0 Å². The summed E-state index contributed by atoms with van der Waals surface area (Å²) in [4.78, 5) is 4.47. The van der Waals surface area contributed by atoms with Crippen LogP contribution in [0, 0.1) is 0 Å². The molecule has 0 aromatic heterocycles. The van der Waals surface area contributed by atoms with Crippen molar-refractivity contribution in [3.8, 4) is 5.75 Å². The van der Waals surface area contributed by atoms with Gasteiger partial charge in [0.05, 0.1) is 7.11 Å². The van der Waals surface area contributed by atoms with Crippen molar-refractivity contribution in [3.63, 3.8) is 0 Å². The van der Waals surface area contributed by atoms with Gasteiger partial charge in [0.1, 0.15) is 17.9 Å². The molecule has 0 saturated heterocycles. The van der Waals surface area contributed by atoms with Gasteiger partial charge in [0.25, 0.3) is 6.02 Å². The minimum absolute atomic E-state index is 0.135. The fourth-order valence-electron chi connectivity index (χ4n) is 2.67. The fourth-order valence-corrected chi connectivity index (χ4v) is 2.67. The summed E-state index contributed by atoms with van der Waals surface area (Å²) in [6.45, 7) is 0.607. The number of ether oxygens (including phenoxy) is 2. The van der Waals surface area contributed by atoms with Crippen molar-refractivity contribution in [2.75, 3.05) is 13.7 Å². The number of hydrogen-bond acceptors (Lipinski definition) is 4. The molecular formula is C13H16N2O2. The third kappa shape index (κ3) is 1.73. The molecular weight excluding hydrogens is 216 g/mol. The van der Waals surface area contributed by atoms with Crippen LogP contribution in [0.25, 0.3) is 0 Å². The van der Waals surface area contributed by atoms with E-state index in [9.17, 15) is 0 Å². The molecule has 1 unspecified atom stereocenters. The quantitative estimate of drug-likeness (QED) is 0.793. The van der Waals surface area contributed by atoms with Crippen molar-refractivity contribution < 1.29 is 9.47 Å². The lowest BCUT2D eigenvalue weighted by Gasteiger charge is -2.30. The Kier molecular flexibility index (Phi) is 2.24. The molecule has 90 valence electrons. The monoisotopic (exact) mass is 232 g/mol. The molecule has 4 nitrogen and oxygen atoms in total. The summed E-state index contributed by atoms with van der Waals surface area (Å²) in [6.07, 6.45) is 2.92.